The fourth-order valence-corrected chi connectivity index (χ4v) is 3.29. The summed E-state index contributed by atoms with van der Waals surface area (Å²) in [6, 6.07) is 8.79. The van der Waals surface area contributed by atoms with E-state index in [1.165, 1.54) is 17.0 Å². The fraction of sp³-hybridized carbons (Fsp3) is 0.227. The van der Waals surface area contributed by atoms with Crippen LogP contribution in [0.2, 0.25) is 0 Å². The second-order valence-corrected chi connectivity index (χ2v) is 7.71. The summed E-state index contributed by atoms with van der Waals surface area (Å²) in [7, 11) is 0. The van der Waals surface area contributed by atoms with Gasteiger partial charge in [0.2, 0.25) is 5.91 Å². The fourth-order valence-electron chi connectivity index (χ4n) is 3.29. The van der Waals surface area contributed by atoms with Crippen molar-refractivity contribution in [3.8, 4) is 22.9 Å². The molecular formula is C22H21F2N7O2. The third-order valence-electron chi connectivity index (χ3n) is 5.00. The van der Waals surface area contributed by atoms with Crippen LogP contribution in [0, 0.1) is 17.6 Å². The molecule has 4 rings (SSSR count). The van der Waals surface area contributed by atoms with Crippen LogP contribution in [0.15, 0.2) is 53.4 Å². The van der Waals surface area contributed by atoms with Crippen LogP contribution in [0.1, 0.15) is 19.4 Å². The topological polar surface area (TPSA) is 125 Å². The first-order valence-corrected chi connectivity index (χ1v) is 10.1. The summed E-state index contributed by atoms with van der Waals surface area (Å²) in [4.78, 5) is 20.0. The summed E-state index contributed by atoms with van der Waals surface area (Å²) in [6.07, 6.45) is 2.39. The number of primary amides is 1. The molecule has 3 aromatic heterocycles. The van der Waals surface area contributed by atoms with Gasteiger partial charge in [-0.3, -0.25) is 9.48 Å². The maximum atomic E-state index is 14.4. The molecule has 0 saturated heterocycles. The summed E-state index contributed by atoms with van der Waals surface area (Å²) in [6.45, 7) is 3.66. The standard InChI is InChI=1S/C22H21F2N7O2/c1-12(2)19(20(25)32)27-21-15(24)10-26-22(28-21)17-9-18(16-7-8-33-30-16)31(29-17)11-13-5-3-4-6-14(13)23/h3-10,12,19H,11H2,1-2H3,(H2,25,32)(H,26,27,28). The molecule has 0 aliphatic rings. The number of carbonyl (C=O) groups is 1. The number of amides is 1. The van der Waals surface area contributed by atoms with E-state index in [1.54, 1.807) is 44.2 Å². The molecule has 0 aliphatic carbocycles. The first-order valence-electron chi connectivity index (χ1n) is 10.1. The van der Waals surface area contributed by atoms with Gasteiger partial charge in [-0.05, 0) is 18.1 Å². The average molecular weight is 453 g/mol. The minimum absolute atomic E-state index is 0.0999. The van der Waals surface area contributed by atoms with Crippen LogP contribution in [0.25, 0.3) is 22.9 Å². The number of nitrogens with zero attached hydrogens (tertiary/aromatic N) is 5. The average Bonchev–Trinajstić information content (AvgIpc) is 3.44. The summed E-state index contributed by atoms with van der Waals surface area (Å²) >= 11 is 0. The normalized spacial score (nSPS) is 12.2. The number of hydrogen-bond acceptors (Lipinski definition) is 7. The number of rotatable bonds is 8. The van der Waals surface area contributed by atoms with Crippen LogP contribution in [0.3, 0.4) is 0 Å². The molecule has 0 fully saturated rings. The van der Waals surface area contributed by atoms with Crippen molar-refractivity contribution in [2.75, 3.05) is 5.32 Å². The molecular weight excluding hydrogens is 432 g/mol. The molecule has 1 amide bonds. The lowest BCUT2D eigenvalue weighted by molar-refractivity contribution is -0.119. The summed E-state index contributed by atoms with van der Waals surface area (Å²) in [5.74, 6) is -2.03. The molecule has 0 saturated carbocycles. The van der Waals surface area contributed by atoms with Crippen molar-refractivity contribution in [1.82, 2.24) is 24.9 Å². The summed E-state index contributed by atoms with van der Waals surface area (Å²) in [5, 5.41) is 11.2. The highest BCUT2D eigenvalue weighted by Crippen LogP contribution is 2.26. The lowest BCUT2D eigenvalue weighted by Gasteiger charge is -2.19. The van der Waals surface area contributed by atoms with Crippen molar-refractivity contribution < 1.29 is 18.1 Å². The molecule has 0 radical (unpaired) electrons. The Balaban J connectivity index is 1.74. The predicted octanol–water partition coefficient (Wildman–Crippen LogP) is 3.24. The maximum Gasteiger partial charge on any atom is 0.240 e. The molecule has 1 aromatic carbocycles. The Morgan fingerprint density at radius 2 is 1.97 bits per heavy atom. The van der Waals surface area contributed by atoms with Gasteiger partial charge in [0.05, 0.1) is 18.4 Å². The quantitative estimate of drug-likeness (QED) is 0.420. The highest BCUT2D eigenvalue weighted by atomic mass is 19.1. The van der Waals surface area contributed by atoms with Crippen molar-refractivity contribution in [3.63, 3.8) is 0 Å². The number of benzene rings is 1. The molecule has 4 aromatic rings. The summed E-state index contributed by atoms with van der Waals surface area (Å²) in [5.41, 5.74) is 7.13. The Bertz CT molecular complexity index is 1270. The van der Waals surface area contributed by atoms with Gasteiger partial charge in [0.15, 0.2) is 17.5 Å². The molecule has 11 heteroatoms. The molecule has 1 unspecified atom stereocenters. The van der Waals surface area contributed by atoms with Crippen LogP contribution in [0.4, 0.5) is 14.6 Å². The molecule has 0 aliphatic heterocycles. The maximum absolute atomic E-state index is 14.4. The molecule has 0 spiro atoms. The molecule has 33 heavy (non-hydrogen) atoms. The molecule has 3 N–H and O–H groups in total. The highest BCUT2D eigenvalue weighted by molar-refractivity contribution is 5.83. The van der Waals surface area contributed by atoms with E-state index in [-0.39, 0.29) is 29.9 Å². The molecule has 1 atom stereocenters. The monoisotopic (exact) mass is 453 g/mol. The van der Waals surface area contributed by atoms with E-state index in [0.29, 0.717) is 22.6 Å². The van der Waals surface area contributed by atoms with Gasteiger partial charge >= 0.3 is 0 Å². The van der Waals surface area contributed by atoms with E-state index in [0.717, 1.165) is 6.20 Å². The van der Waals surface area contributed by atoms with Crippen molar-refractivity contribution in [1.29, 1.82) is 0 Å². The largest absolute Gasteiger partial charge is 0.368 e. The lowest BCUT2D eigenvalue weighted by Crippen LogP contribution is -2.40. The zero-order valence-corrected chi connectivity index (χ0v) is 17.9. The number of nitrogens with one attached hydrogen (secondary N) is 1. The highest BCUT2D eigenvalue weighted by Gasteiger charge is 2.23. The predicted molar refractivity (Wildman–Crippen MR) is 116 cm³/mol. The Morgan fingerprint density at radius 1 is 1.18 bits per heavy atom. The number of aromatic nitrogens is 5. The first kappa shape index (κ1) is 22.1. The number of anilines is 1. The molecule has 3 heterocycles. The Labute approximate surface area is 187 Å². The van der Waals surface area contributed by atoms with Crippen LogP contribution in [0.5, 0.6) is 0 Å². The van der Waals surface area contributed by atoms with Gasteiger partial charge in [0.1, 0.15) is 29.5 Å². The van der Waals surface area contributed by atoms with Gasteiger partial charge in [-0.25, -0.2) is 18.7 Å². The van der Waals surface area contributed by atoms with Crippen LogP contribution in [-0.4, -0.2) is 36.9 Å². The minimum Gasteiger partial charge on any atom is -0.368 e. The molecule has 9 nitrogen and oxygen atoms in total. The van der Waals surface area contributed by atoms with Gasteiger partial charge in [0.25, 0.3) is 0 Å². The lowest BCUT2D eigenvalue weighted by atomic mass is 10.0. The van der Waals surface area contributed by atoms with Crippen LogP contribution >= 0.6 is 0 Å². The Morgan fingerprint density at radius 3 is 2.64 bits per heavy atom. The van der Waals surface area contributed by atoms with Crippen molar-refractivity contribution in [3.05, 3.63) is 66.1 Å². The van der Waals surface area contributed by atoms with Crippen molar-refractivity contribution >= 4 is 11.7 Å². The zero-order chi connectivity index (χ0) is 23.5. The SMILES string of the molecule is CC(C)C(Nc1nc(-c2cc(-c3ccon3)n(Cc3ccccc3F)n2)ncc1F)C(N)=O. The van der Waals surface area contributed by atoms with E-state index in [2.05, 4.69) is 25.5 Å². The third kappa shape index (κ3) is 4.71. The van der Waals surface area contributed by atoms with Crippen LogP contribution < -0.4 is 11.1 Å². The van der Waals surface area contributed by atoms with Gasteiger partial charge in [-0.1, -0.05) is 37.2 Å². The number of hydrogen-bond donors (Lipinski definition) is 2. The smallest absolute Gasteiger partial charge is 0.240 e. The molecule has 0 bridgehead atoms. The first-order chi connectivity index (χ1) is 15.8. The van der Waals surface area contributed by atoms with Crippen molar-refractivity contribution in [2.45, 2.75) is 26.4 Å². The third-order valence-corrected chi connectivity index (χ3v) is 5.00. The molecule has 170 valence electrons. The van der Waals surface area contributed by atoms with Gasteiger partial charge in [0, 0.05) is 11.6 Å². The second-order valence-electron chi connectivity index (χ2n) is 7.71. The number of halogens is 2. The Kier molecular flexibility index (Phi) is 6.11. The Hall–Kier alpha value is -4.15. The van der Waals surface area contributed by atoms with Gasteiger partial charge in [-0.15, -0.1) is 0 Å². The van der Waals surface area contributed by atoms with E-state index in [9.17, 15) is 13.6 Å². The van der Waals surface area contributed by atoms with E-state index >= 15 is 0 Å². The van der Waals surface area contributed by atoms with Crippen molar-refractivity contribution in [2.24, 2.45) is 11.7 Å². The van der Waals surface area contributed by atoms with E-state index in [4.69, 9.17) is 10.3 Å². The summed E-state index contributed by atoms with van der Waals surface area (Å²) < 4.78 is 35.1. The van der Waals surface area contributed by atoms with Gasteiger partial charge < -0.3 is 15.6 Å². The zero-order valence-electron chi connectivity index (χ0n) is 17.9. The second kappa shape index (κ2) is 9.15. The van der Waals surface area contributed by atoms with E-state index < -0.39 is 17.8 Å². The van der Waals surface area contributed by atoms with Crippen LogP contribution in [-0.2, 0) is 11.3 Å². The van der Waals surface area contributed by atoms with Gasteiger partial charge in [-0.2, -0.15) is 5.10 Å². The number of carbonyl (C=O) groups excluding carboxylic acids is 1. The number of nitrogens with two attached hydrogens (primary N) is 1. The van der Waals surface area contributed by atoms with E-state index in [1.807, 2.05) is 0 Å². The minimum atomic E-state index is -0.827.